The number of carbonyl (C=O) groups is 1. The molecule has 88 valence electrons. The maximum Gasteiger partial charge on any atom is 0.244 e. The Bertz CT molecular complexity index is 352. The first kappa shape index (κ1) is 12.5. The van der Waals surface area contributed by atoms with Gasteiger partial charge in [-0.3, -0.25) is 4.79 Å². The van der Waals surface area contributed by atoms with E-state index in [9.17, 15) is 4.79 Å². The van der Waals surface area contributed by atoms with Crippen molar-refractivity contribution in [1.82, 2.24) is 5.32 Å². The molecule has 0 fully saturated rings. The smallest absolute Gasteiger partial charge is 0.244 e. The summed E-state index contributed by atoms with van der Waals surface area (Å²) in [6, 6.07) is 3.52. The normalized spacial score (nSPS) is 11.9. The average molecular weight is 223 g/mol. The van der Waals surface area contributed by atoms with E-state index in [1.165, 1.54) is 6.08 Å². The van der Waals surface area contributed by atoms with Crippen molar-refractivity contribution in [3.63, 3.8) is 0 Å². The molecule has 1 heterocycles. The van der Waals surface area contributed by atoms with Crippen molar-refractivity contribution in [1.29, 1.82) is 0 Å². The lowest BCUT2D eigenvalue weighted by Crippen LogP contribution is -2.35. The van der Waals surface area contributed by atoms with Crippen molar-refractivity contribution in [2.45, 2.75) is 13.8 Å². The molecule has 1 aromatic rings. The summed E-state index contributed by atoms with van der Waals surface area (Å²) in [5, 5.41) is 11.7. The van der Waals surface area contributed by atoms with E-state index in [1.807, 2.05) is 13.8 Å². The molecule has 1 rings (SSSR count). The van der Waals surface area contributed by atoms with Crippen LogP contribution in [0.15, 0.2) is 28.9 Å². The summed E-state index contributed by atoms with van der Waals surface area (Å²) < 4.78 is 5.04. The Balaban J connectivity index is 2.37. The third-order valence-electron chi connectivity index (χ3n) is 2.11. The summed E-state index contributed by atoms with van der Waals surface area (Å²) in [6.45, 7) is 4.23. The molecule has 4 heteroatoms. The van der Waals surface area contributed by atoms with Gasteiger partial charge in [0.15, 0.2) is 0 Å². The van der Waals surface area contributed by atoms with Gasteiger partial charge < -0.3 is 14.8 Å². The van der Waals surface area contributed by atoms with E-state index < -0.39 is 0 Å². The molecule has 0 aliphatic carbocycles. The fourth-order valence-corrected chi connectivity index (χ4v) is 0.985. The van der Waals surface area contributed by atoms with E-state index >= 15 is 0 Å². The van der Waals surface area contributed by atoms with Crippen LogP contribution >= 0.6 is 0 Å². The minimum Gasteiger partial charge on any atom is -0.465 e. The molecule has 4 nitrogen and oxygen atoms in total. The van der Waals surface area contributed by atoms with Gasteiger partial charge in [-0.2, -0.15) is 0 Å². The van der Waals surface area contributed by atoms with Gasteiger partial charge in [0.25, 0.3) is 0 Å². The number of amides is 1. The first-order chi connectivity index (χ1) is 7.53. The van der Waals surface area contributed by atoms with Gasteiger partial charge in [-0.25, -0.2) is 0 Å². The maximum absolute atomic E-state index is 11.4. The highest BCUT2D eigenvalue weighted by molar-refractivity contribution is 5.91. The molecule has 0 aliphatic rings. The number of hydrogen-bond donors (Lipinski definition) is 2. The van der Waals surface area contributed by atoms with Gasteiger partial charge in [0.1, 0.15) is 5.76 Å². The van der Waals surface area contributed by atoms with Crippen molar-refractivity contribution in [2.24, 2.45) is 5.41 Å². The highest BCUT2D eigenvalue weighted by atomic mass is 16.3. The fourth-order valence-electron chi connectivity index (χ4n) is 0.985. The van der Waals surface area contributed by atoms with Gasteiger partial charge in [0.05, 0.1) is 6.26 Å². The van der Waals surface area contributed by atoms with Crippen molar-refractivity contribution >= 4 is 12.0 Å². The van der Waals surface area contributed by atoms with Gasteiger partial charge in [0.2, 0.25) is 5.91 Å². The zero-order chi connectivity index (χ0) is 12.0. The summed E-state index contributed by atoms with van der Waals surface area (Å²) in [4.78, 5) is 11.4. The molecule has 0 unspecified atom stereocenters. The van der Waals surface area contributed by atoms with E-state index in [0.717, 1.165) is 0 Å². The molecule has 0 radical (unpaired) electrons. The molecule has 2 N–H and O–H groups in total. The second-order valence-electron chi connectivity index (χ2n) is 4.39. The topological polar surface area (TPSA) is 62.5 Å². The molecule has 1 aromatic heterocycles. The predicted octanol–water partition coefficient (Wildman–Crippen LogP) is 1.43. The van der Waals surface area contributed by atoms with Crippen LogP contribution in [0.25, 0.3) is 6.08 Å². The minimum atomic E-state index is -0.297. The minimum absolute atomic E-state index is 0.0369. The Labute approximate surface area is 95.0 Å². The Kier molecular flexibility index (Phi) is 4.31. The lowest BCUT2D eigenvalue weighted by molar-refractivity contribution is -0.117. The zero-order valence-electron chi connectivity index (χ0n) is 9.56. The van der Waals surface area contributed by atoms with Gasteiger partial charge >= 0.3 is 0 Å². The molecule has 0 bridgehead atoms. The van der Waals surface area contributed by atoms with E-state index in [0.29, 0.717) is 12.3 Å². The summed E-state index contributed by atoms with van der Waals surface area (Å²) in [5.41, 5.74) is -0.297. The number of aliphatic hydroxyl groups excluding tert-OH is 1. The third kappa shape index (κ3) is 4.31. The molecule has 0 saturated carbocycles. The van der Waals surface area contributed by atoms with Crippen LogP contribution in [0.3, 0.4) is 0 Å². The number of aliphatic hydroxyl groups is 1. The molecule has 16 heavy (non-hydrogen) atoms. The Morgan fingerprint density at radius 3 is 2.94 bits per heavy atom. The van der Waals surface area contributed by atoms with E-state index in [-0.39, 0.29) is 17.9 Å². The van der Waals surface area contributed by atoms with Gasteiger partial charge in [-0.05, 0) is 18.2 Å². The van der Waals surface area contributed by atoms with Crippen molar-refractivity contribution in [3.8, 4) is 0 Å². The molecule has 0 aliphatic heterocycles. The Morgan fingerprint density at radius 1 is 1.62 bits per heavy atom. The van der Waals surface area contributed by atoms with E-state index in [4.69, 9.17) is 9.52 Å². The van der Waals surface area contributed by atoms with Crippen LogP contribution in [0.4, 0.5) is 0 Å². The predicted molar refractivity (Wildman–Crippen MR) is 61.6 cm³/mol. The largest absolute Gasteiger partial charge is 0.465 e. The van der Waals surface area contributed by atoms with Crippen LogP contribution in [0.2, 0.25) is 0 Å². The van der Waals surface area contributed by atoms with Gasteiger partial charge in [-0.15, -0.1) is 0 Å². The third-order valence-corrected chi connectivity index (χ3v) is 2.11. The Morgan fingerprint density at radius 2 is 2.38 bits per heavy atom. The number of furan rings is 1. The van der Waals surface area contributed by atoms with Crippen LogP contribution in [0.1, 0.15) is 19.6 Å². The summed E-state index contributed by atoms with van der Waals surface area (Å²) in [6.07, 6.45) is 4.56. The molecule has 0 saturated heterocycles. The summed E-state index contributed by atoms with van der Waals surface area (Å²) in [7, 11) is 0. The Hall–Kier alpha value is -1.55. The van der Waals surface area contributed by atoms with Crippen molar-refractivity contribution in [2.75, 3.05) is 13.2 Å². The van der Waals surface area contributed by atoms with Crippen molar-refractivity contribution in [3.05, 3.63) is 30.2 Å². The lowest BCUT2D eigenvalue weighted by atomic mass is 9.95. The van der Waals surface area contributed by atoms with Gasteiger partial charge in [0, 0.05) is 24.6 Å². The van der Waals surface area contributed by atoms with Crippen LogP contribution in [0, 0.1) is 5.41 Å². The second kappa shape index (κ2) is 5.51. The molecule has 0 spiro atoms. The second-order valence-corrected chi connectivity index (χ2v) is 4.39. The van der Waals surface area contributed by atoms with Crippen molar-refractivity contribution < 1.29 is 14.3 Å². The number of carbonyl (C=O) groups excluding carboxylic acids is 1. The van der Waals surface area contributed by atoms with E-state index in [1.54, 1.807) is 24.5 Å². The van der Waals surface area contributed by atoms with Gasteiger partial charge in [-0.1, -0.05) is 13.8 Å². The van der Waals surface area contributed by atoms with Crippen LogP contribution in [-0.2, 0) is 4.79 Å². The average Bonchev–Trinajstić information content (AvgIpc) is 2.76. The molecule has 0 aromatic carbocycles. The molecule has 0 atom stereocenters. The van der Waals surface area contributed by atoms with Crippen LogP contribution < -0.4 is 5.32 Å². The molecular weight excluding hydrogens is 206 g/mol. The highest BCUT2D eigenvalue weighted by Gasteiger charge is 2.16. The summed E-state index contributed by atoms with van der Waals surface area (Å²) in [5.74, 6) is 0.439. The number of nitrogens with one attached hydrogen (secondary N) is 1. The first-order valence-electron chi connectivity index (χ1n) is 5.14. The summed E-state index contributed by atoms with van der Waals surface area (Å²) >= 11 is 0. The van der Waals surface area contributed by atoms with E-state index in [2.05, 4.69) is 5.32 Å². The first-order valence-corrected chi connectivity index (χ1v) is 5.14. The molecular formula is C12H17NO3. The standard InChI is InChI=1S/C12H17NO3/c1-12(2,9-14)8-13-11(15)6-5-10-4-3-7-16-10/h3-7,14H,8-9H2,1-2H3,(H,13,15)/b6-5+. The maximum atomic E-state index is 11.4. The number of hydrogen-bond acceptors (Lipinski definition) is 3. The zero-order valence-corrected chi connectivity index (χ0v) is 9.56. The quantitative estimate of drug-likeness (QED) is 0.742. The van der Waals surface area contributed by atoms with Crippen LogP contribution in [-0.4, -0.2) is 24.2 Å². The monoisotopic (exact) mass is 223 g/mol. The molecule has 1 amide bonds. The van der Waals surface area contributed by atoms with Crippen LogP contribution in [0.5, 0.6) is 0 Å². The SMILES string of the molecule is CC(C)(CO)CNC(=O)/C=C/c1ccco1. The highest BCUT2D eigenvalue weighted by Crippen LogP contribution is 2.11. The lowest BCUT2D eigenvalue weighted by Gasteiger charge is -2.21. The number of rotatable bonds is 5. The fraction of sp³-hybridized carbons (Fsp3) is 0.417.